The highest BCUT2D eigenvalue weighted by molar-refractivity contribution is 7.71. The third kappa shape index (κ3) is 0.992. The lowest BCUT2D eigenvalue weighted by atomic mass is 10.0. The van der Waals surface area contributed by atoms with Crippen molar-refractivity contribution in [1.29, 1.82) is 0 Å². The van der Waals surface area contributed by atoms with Gasteiger partial charge in [-0.25, -0.2) is 0 Å². The van der Waals surface area contributed by atoms with Gasteiger partial charge in [-0.2, -0.15) is 5.10 Å². The van der Waals surface area contributed by atoms with E-state index in [1.807, 2.05) is 0 Å². The summed E-state index contributed by atoms with van der Waals surface area (Å²) < 4.78 is 3.17. The van der Waals surface area contributed by atoms with Crippen molar-refractivity contribution in [3.63, 3.8) is 0 Å². The molecule has 16 heavy (non-hydrogen) atoms. The van der Waals surface area contributed by atoms with Crippen LogP contribution >= 0.6 is 12.2 Å². The van der Waals surface area contributed by atoms with E-state index < -0.39 is 0 Å². The Morgan fingerprint density at radius 3 is 2.69 bits per heavy atom. The third-order valence-electron chi connectivity index (χ3n) is 5.09. The molecular weight excluding hydrogens is 218 g/mol. The zero-order chi connectivity index (χ0) is 10.9. The zero-order valence-corrected chi connectivity index (χ0v) is 10.3. The molecule has 3 nitrogen and oxygen atoms in total. The van der Waals surface area contributed by atoms with E-state index >= 15 is 0 Å². The van der Waals surface area contributed by atoms with Gasteiger partial charge in [0.05, 0.1) is 0 Å². The summed E-state index contributed by atoms with van der Waals surface area (Å²) in [5.74, 6) is 5.04. The van der Waals surface area contributed by atoms with Crippen molar-refractivity contribution in [2.24, 2.45) is 23.7 Å². The van der Waals surface area contributed by atoms with E-state index in [1.54, 1.807) is 0 Å². The molecule has 4 atom stereocenters. The minimum absolute atomic E-state index is 0.701. The summed E-state index contributed by atoms with van der Waals surface area (Å²) in [6, 6.07) is 0.701. The molecule has 0 amide bonds. The van der Waals surface area contributed by atoms with E-state index in [0.717, 1.165) is 40.7 Å². The molecule has 0 aliphatic heterocycles. The van der Waals surface area contributed by atoms with Crippen molar-refractivity contribution in [1.82, 2.24) is 14.8 Å². The molecule has 4 heteroatoms. The van der Waals surface area contributed by atoms with Gasteiger partial charge in [-0.05, 0) is 55.2 Å². The van der Waals surface area contributed by atoms with Crippen LogP contribution in [0.15, 0.2) is 0 Å². The Hall–Kier alpha value is -0.640. The molecule has 0 radical (unpaired) electrons. The first kappa shape index (κ1) is 9.40. The molecule has 1 aromatic rings. The normalized spacial score (nSPS) is 43.7. The zero-order valence-electron chi connectivity index (χ0n) is 9.52. The highest BCUT2D eigenvalue weighted by Gasteiger charge is 2.66. The first-order valence-corrected chi connectivity index (χ1v) is 6.88. The van der Waals surface area contributed by atoms with Crippen molar-refractivity contribution in [2.45, 2.75) is 38.6 Å². The van der Waals surface area contributed by atoms with E-state index in [-0.39, 0.29) is 0 Å². The summed E-state index contributed by atoms with van der Waals surface area (Å²) in [7, 11) is 0. The van der Waals surface area contributed by atoms with Crippen LogP contribution in [0.3, 0.4) is 0 Å². The minimum atomic E-state index is 0.701. The molecule has 0 aromatic carbocycles. The molecule has 3 saturated carbocycles. The number of nitrogens with zero attached hydrogens (tertiary/aromatic N) is 2. The van der Waals surface area contributed by atoms with Gasteiger partial charge in [0.15, 0.2) is 4.77 Å². The minimum Gasteiger partial charge on any atom is -0.300 e. The number of hydrogen-bond acceptors (Lipinski definition) is 2. The predicted molar refractivity (Wildman–Crippen MR) is 63.6 cm³/mol. The number of aromatic nitrogens is 3. The lowest BCUT2D eigenvalue weighted by Crippen LogP contribution is -2.08. The van der Waals surface area contributed by atoms with Crippen LogP contribution < -0.4 is 0 Å². The second-order valence-corrected chi connectivity index (χ2v) is 6.03. The summed E-state index contributed by atoms with van der Waals surface area (Å²) in [4.78, 5) is 0. The maximum atomic E-state index is 5.38. The predicted octanol–water partition coefficient (Wildman–Crippen LogP) is 2.72. The molecule has 2 bridgehead atoms. The molecule has 1 N–H and O–H groups in total. The van der Waals surface area contributed by atoms with Gasteiger partial charge < -0.3 is 4.57 Å². The number of hydrogen-bond donors (Lipinski definition) is 1. The number of H-pyrrole nitrogens is 1. The molecule has 3 aliphatic rings. The standard InChI is InChI=1S/C12H17N3S/c1-2-8-13-14-12(16)15(8)11-9-6-3-4-7(5-6)10(9)11/h6-7,9-11H,2-5H2,1H3,(H,14,16). The van der Waals surface area contributed by atoms with Gasteiger partial charge in [0.25, 0.3) is 0 Å². The lowest BCUT2D eigenvalue weighted by molar-refractivity contribution is 0.444. The average molecular weight is 235 g/mol. The van der Waals surface area contributed by atoms with Gasteiger partial charge in [-0.1, -0.05) is 6.92 Å². The van der Waals surface area contributed by atoms with Crippen LogP contribution in [-0.2, 0) is 6.42 Å². The lowest BCUT2D eigenvalue weighted by Gasteiger charge is -2.11. The highest BCUT2D eigenvalue weighted by atomic mass is 32.1. The van der Waals surface area contributed by atoms with Crippen LogP contribution in [0.2, 0.25) is 0 Å². The van der Waals surface area contributed by atoms with Crippen LogP contribution in [0.5, 0.6) is 0 Å². The van der Waals surface area contributed by atoms with Crippen LogP contribution in [0, 0.1) is 28.4 Å². The van der Waals surface area contributed by atoms with Gasteiger partial charge in [-0.15, -0.1) is 0 Å². The van der Waals surface area contributed by atoms with E-state index in [9.17, 15) is 0 Å². The molecular formula is C12H17N3S. The van der Waals surface area contributed by atoms with Crippen molar-refractivity contribution in [3.05, 3.63) is 10.6 Å². The molecule has 3 fully saturated rings. The highest BCUT2D eigenvalue weighted by Crippen LogP contribution is 2.71. The number of aryl methyl sites for hydroxylation is 1. The topological polar surface area (TPSA) is 33.6 Å². The Morgan fingerprint density at radius 1 is 1.38 bits per heavy atom. The monoisotopic (exact) mass is 235 g/mol. The fourth-order valence-corrected chi connectivity index (χ4v) is 4.79. The molecule has 0 saturated heterocycles. The molecule has 4 unspecified atom stereocenters. The first-order valence-electron chi connectivity index (χ1n) is 6.47. The van der Waals surface area contributed by atoms with E-state index in [4.69, 9.17) is 12.2 Å². The molecule has 0 spiro atoms. The maximum absolute atomic E-state index is 5.38. The third-order valence-corrected chi connectivity index (χ3v) is 5.37. The average Bonchev–Trinajstić information content (AvgIpc) is 2.69. The van der Waals surface area contributed by atoms with Gasteiger partial charge in [-0.3, -0.25) is 5.10 Å². The number of aromatic amines is 1. The largest absolute Gasteiger partial charge is 0.300 e. The molecule has 86 valence electrons. The summed E-state index contributed by atoms with van der Waals surface area (Å²) in [5, 5.41) is 7.30. The Bertz CT molecular complexity index is 473. The Morgan fingerprint density at radius 2 is 2.06 bits per heavy atom. The van der Waals surface area contributed by atoms with Gasteiger partial charge in [0.1, 0.15) is 5.82 Å². The molecule has 1 aromatic heterocycles. The van der Waals surface area contributed by atoms with E-state index in [2.05, 4.69) is 21.7 Å². The van der Waals surface area contributed by atoms with Crippen LogP contribution in [-0.4, -0.2) is 14.8 Å². The maximum Gasteiger partial charge on any atom is 0.195 e. The van der Waals surface area contributed by atoms with Gasteiger partial charge in [0, 0.05) is 12.5 Å². The van der Waals surface area contributed by atoms with Crippen molar-refractivity contribution < 1.29 is 0 Å². The Kier molecular flexibility index (Phi) is 1.75. The first-order chi connectivity index (χ1) is 7.81. The van der Waals surface area contributed by atoms with Crippen molar-refractivity contribution >= 4 is 12.2 Å². The van der Waals surface area contributed by atoms with Crippen LogP contribution in [0.1, 0.15) is 38.1 Å². The summed E-state index contributed by atoms with van der Waals surface area (Å²) in [6.45, 7) is 2.16. The fourth-order valence-electron chi connectivity index (χ4n) is 4.52. The van der Waals surface area contributed by atoms with Crippen LogP contribution in [0.4, 0.5) is 0 Å². The molecule has 1 heterocycles. The van der Waals surface area contributed by atoms with Crippen molar-refractivity contribution in [2.75, 3.05) is 0 Å². The quantitative estimate of drug-likeness (QED) is 0.800. The second kappa shape index (κ2) is 2.97. The van der Waals surface area contributed by atoms with Gasteiger partial charge >= 0.3 is 0 Å². The summed E-state index contributed by atoms with van der Waals surface area (Å²) in [6.07, 6.45) is 5.42. The summed E-state index contributed by atoms with van der Waals surface area (Å²) in [5.41, 5.74) is 0. The number of nitrogens with one attached hydrogen (secondary N) is 1. The van der Waals surface area contributed by atoms with E-state index in [0.29, 0.717) is 6.04 Å². The Labute approximate surface area is 100 Å². The smallest absolute Gasteiger partial charge is 0.195 e. The fraction of sp³-hybridized carbons (Fsp3) is 0.833. The molecule has 3 aliphatic carbocycles. The van der Waals surface area contributed by atoms with Crippen LogP contribution in [0.25, 0.3) is 0 Å². The Balaban J connectivity index is 1.73. The van der Waals surface area contributed by atoms with E-state index in [1.165, 1.54) is 19.3 Å². The van der Waals surface area contributed by atoms with Crippen molar-refractivity contribution in [3.8, 4) is 0 Å². The second-order valence-electron chi connectivity index (χ2n) is 5.65. The SMILES string of the molecule is CCc1n[nH]c(=S)n1C1C2C3CCC(C3)C21. The molecule has 4 rings (SSSR count). The van der Waals surface area contributed by atoms with Gasteiger partial charge in [0.2, 0.25) is 0 Å². The number of rotatable bonds is 2. The number of fused-ring (bicyclic) bond motifs is 5. The summed E-state index contributed by atoms with van der Waals surface area (Å²) >= 11 is 5.38.